The molecule has 0 bridgehead atoms. The van der Waals surface area contributed by atoms with E-state index < -0.39 is 6.10 Å². The van der Waals surface area contributed by atoms with Gasteiger partial charge in [-0.15, -0.1) is 0 Å². The van der Waals surface area contributed by atoms with Crippen molar-refractivity contribution in [1.82, 2.24) is 9.88 Å². The van der Waals surface area contributed by atoms with Gasteiger partial charge < -0.3 is 15.0 Å². The number of aromatic nitrogens is 1. The summed E-state index contributed by atoms with van der Waals surface area (Å²) in [5.74, 6) is -0.289. The van der Waals surface area contributed by atoms with Crippen LogP contribution in [0.1, 0.15) is 24.9 Å². The molecule has 126 valence electrons. The van der Waals surface area contributed by atoms with Crippen LogP contribution in [0.4, 0.5) is 4.39 Å². The molecule has 1 heterocycles. The minimum atomic E-state index is -0.658. The summed E-state index contributed by atoms with van der Waals surface area (Å²) in [4.78, 5) is 0. The van der Waals surface area contributed by atoms with Crippen molar-refractivity contribution >= 4 is 10.9 Å². The van der Waals surface area contributed by atoms with Crippen molar-refractivity contribution in [2.75, 3.05) is 13.1 Å². The highest BCUT2D eigenvalue weighted by molar-refractivity contribution is 5.80. The third-order valence-corrected chi connectivity index (χ3v) is 4.26. The van der Waals surface area contributed by atoms with E-state index in [9.17, 15) is 9.50 Å². The number of rotatable bonds is 7. The number of hydrogen-bond donors (Lipinski definition) is 2. The number of nitrogens with zero attached hydrogens (tertiary/aromatic N) is 1. The topological polar surface area (TPSA) is 37.2 Å². The minimum Gasteiger partial charge on any atom is -0.389 e. The maximum atomic E-state index is 13.7. The lowest BCUT2D eigenvalue weighted by Crippen LogP contribution is -2.35. The first-order chi connectivity index (χ1) is 11.7. The Morgan fingerprint density at radius 1 is 1.12 bits per heavy atom. The number of halogens is 1. The van der Waals surface area contributed by atoms with Gasteiger partial charge in [0.05, 0.1) is 12.1 Å². The van der Waals surface area contributed by atoms with Crippen molar-refractivity contribution in [2.45, 2.75) is 25.5 Å². The molecule has 0 aliphatic rings. The molecular formula is C20H23FN2O. The van der Waals surface area contributed by atoms with Gasteiger partial charge in [-0.2, -0.15) is 0 Å². The molecule has 0 aliphatic carbocycles. The highest BCUT2D eigenvalue weighted by atomic mass is 19.1. The Labute approximate surface area is 141 Å². The van der Waals surface area contributed by atoms with Crippen molar-refractivity contribution in [3.63, 3.8) is 0 Å². The Hall–Kier alpha value is -2.17. The SMILES string of the molecule is CCCNCC(O)C(c1cccc(F)c1)n1ccc2ccccc21. The second-order valence-electron chi connectivity index (χ2n) is 6.05. The summed E-state index contributed by atoms with van der Waals surface area (Å²) in [5.41, 5.74) is 1.79. The number of benzene rings is 2. The molecular weight excluding hydrogens is 303 g/mol. The third kappa shape index (κ3) is 3.50. The van der Waals surface area contributed by atoms with E-state index in [4.69, 9.17) is 0 Å². The van der Waals surface area contributed by atoms with Gasteiger partial charge in [-0.25, -0.2) is 4.39 Å². The maximum absolute atomic E-state index is 13.7. The summed E-state index contributed by atoms with van der Waals surface area (Å²) in [5, 5.41) is 15.2. The Kier molecular flexibility index (Phi) is 5.28. The van der Waals surface area contributed by atoms with Gasteiger partial charge in [-0.1, -0.05) is 37.3 Å². The first kappa shape index (κ1) is 16.7. The largest absolute Gasteiger partial charge is 0.389 e. The maximum Gasteiger partial charge on any atom is 0.123 e. The van der Waals surface area contributed by atoms with E-state index in [1.165, 1.54) is 12.1 Å². The number of para-hydroxylation sites is 1. The molecule has 0 aliphatic heterocycles. The fourth-order valence-corrected chi connectivity index (χ4v) is 3.14. The number of aliphatic hydroxyl groups excluding tert-OH is 1. The molecule has 0 saturated carbocycles. The smallest absolute Gasteiger partial charge is 0.123 e. The zero-order valence-corrected chi connectivity index (χ0v) is 13.8. The fourth-order valence-electron chi connectivity index (χ4n) is 3.14. The number of nitrogens with one attached hydrogen (secondary N) is 1. The van der Waals surface area contributed by atoms with Gasteiger partial charge in [0.15, 0.2) is 0 Å². The number of hydrogen-bond acceptors (Lipinski definition) is 2. The summed E-state index contributed by atoms with van der Waals surface area (Å²) in [6.07, 6.45) is 2.31. The average Bonchev–Trinajstić information content (AvgIpc) is 3.00. The Morgan fingerprint density at radius 2 is 1.96 bits per heavy atom. The van der Waals surface area contributed by atoms with Crippen molar-refractivity contribution < 1.29 is 9.50 Å². The van der Waals surface area contributed by atoms with Crippen LogP contribution in [0.5, 0.6) is 0 Å². The molecule has 3 nitrogen and oxygen atoms in total. The lowest BCUT2D eigenvalue weighted by atomic mass is 10.0. The van der Waals surface area contributed by atoms with Crippen molar-refractivity contribution in [1.29, 1.82) is 0 Å². The standard InChI is InChI=1S/C20H23FN2O/c1-2-11-22-14-19(24)20(16-7-5-8-17(21)13-16)23-12-10-15-6-3-4-9-18(15)23/h3-10,12-13,19-20,22,24H,2,11,14H2,1H3. The molecule has 0 radical (unpaired) electrons. The van der Waals surface area contributed by atoms with Gasteiger partial charge in [0.25, 0.3) is 0 Å². The van der Waals surface area contributed by atoms with Gasteiger partial charge in [-0.05, 0) is 48.2 Å². The van der Waals surface area contributed by atoms with Gasteiger partial charge in [0.1, 0.15) is 5.82 Å². The van der Waals surface area contributed by atoms with Crippen LogP contribution in [0.3, 0.4) is 0 Å². The van der Waals surface area contributed by atoms with Crippen LogP contribution in [-0.4, -0.2) is 28.9 Å². The predicted molar refractivity (Wildman–Crippen MR) is 95.6 cm³/mol. The van der Waals surface area contributed by atoms with E-state index in [1.54, 1.807) is 6.07 Å². The average molecular weight is 326 g/mol. The van der Waals surface area contributed by atoms with Crippen molar-refractivity contribution in [3.05, 3.63) is 72.2 Å². The van der Waals surface area contributed by atoms with Crippen molar-refractivity contribution in [3.8, 4) is 0 Å². The summed E-state index contributed by atoms with van der Waals surface area (Å²) >= 11 is 0. The van der Waals surface area contributed by atoms with Crippen LogP contribution >= 0.6 is 0 Å². The van der Waals surface area contributed by atoms with Gasteiger partial charge in [0, 0.05) is 18.3 Å². The molecule has 2 aromatic carbocycles. The molecule has 0 fully saturated rings. The molecule has 0 amide bonds. The van der Waals surface area contributed by atoms with Crippen molar-refractivity contribution in [2.24, 2.45) is 0 Å². The Bertz CT molecular complexity index is 799. The molecule has 0 saturated heterocycles. The highest BCUT2D eigenvalue weighted by Crippen LogP contribution is 2.28. The van der Waals surface area contributed by atoms with E-state index in [-0.39, 0.29) is 11.9 Å². The van der Waals surface area contributed by atoms with Crippen LogP contribution in [0, 0.1) is 5.82 Å². The van der Waals surface area contributed by atoms with E-state index in [1.807, 2.05) is 47.2 Å². The Balaban J connectivity index is 2.01. The lowest BCUT2D eigenvalue weighted by Gasteiger charge is -2.26. The van der Waals surface area contributed by atoms with Gasteiger partial charge in [-0.3, -0.25) is 0 Å². The summed E-state index contributed by atoms with van der Waals surface area (Å²) < 4.78 is 15.8. The zero-order valence-electron chi connectivity index (χ0n) is 13.8. The highest BCUT2D eigenvalue weighted by Gasteiger charge is 2.24. The van der Waals surface area contributed by atoms with E-state index >= 15 is 0 Å². The van der Waals surface area contributed by atoms with Gasteiger partial charge >= 0.3 is 0 Å². The molecule has 24 heavy (non-hydrogen) atoms. The molecule has 3 rings (SSSR count). The van der Waals surface area contributed by atoms with E-state index in [0.29, 0.717) is 6.54 Å². The van der Waals surface area contributed by atoms with Crippen LogP contribution in [0.25, 0.3) is 10.9 Å². The zero-order chi connectivity index (χ0) is 16.9. The molecule has 3 aromatic rings. The molecule has 0 spiro atoms. The molecule has 2 unspecified atom stereocenters. The number of fused-ring (bicyclic) bond motifs is 1. The number of aliphatic hydroxyl groups is 1. The van der Waals surface area contributed by atoms with E-state index in [2.05, 4.69) is 12.2 Å². The second-order valence-corrected chi connectivity index (χ2v) is 6.05. The van der Waals surface area contributed by atoms with Crippen LogP contribution in [0.2, 0.25) is 0 Å². The van der Waals surface area contributed by atoms with Crippen LogP contribution in [-0.2, 0) is 0 Å². The van der Waals surface area contributed by atoms with Crippen LogP contribution < -0.4 is 5.32 Å². The first-order valence-corrected chi connectivity index (χ1v) is 8.40. The monoisotopic (exact) mass is 326 g/mol. The summed E-state index contributed by atoms with van der Waals surface area (Å²) in [6, 6.07) is 16.2. The summed E-state index contributed by atoms with van der Waals surface area (Å²) in [7, 11) is 0. The second kappa shape index (κ2) is 7.60. The Morgan fingerprint density at radius 3 is 2.75 bits per heavy atom. The van der Waals surface area contributed by atoms with Crippen LogP contribution in [0.15, 0.2) is 60.8 Å². The molecule has 2 atom stereocenters. The molecule has 2 N–H and O–H groups in total. The predicted octanol–water partition coefficient (Wildman–Crippen LogP) is 3.73. The lowest BCUT2D eigenvalue weighted by molar-refractivity contribution is 0.130. The third-order valence-electron chi connectivity index (χ3n) is 4.26. The first-order valence-electron chi connectivity index (χ1n) is 8.40. The van der Waals surface area contributed by atoms with E-state index in [0.717, 1.165) is 29.4 Å². The minimum absolute atomic E-state index is 0.289. The molecule has 1 aromatic heterocycles. The normalized spacial score (nSPS) is 14.0. The van der Waals surface area contributed by atoms with Gasteiger partial charge in [0.2, 0.25) is 0 Å². The molecule has 4 heteroatoms. The summed E-state index contributed by atoms with van der Waals surface area (Å²) in [6.45, 7) is 3.39. The fraction of sp³-hybridized carbons (Fsp3) is 0.300. The quantitative estimate of drug-likeness (QED) is 0.649.